The molecule has 1 heterocycles. The number of nitrogens with two attached hydrogens (primary N) is 2. The van der Waals surface area contributed by atoms with Gasteiger partial charge in [-0.05, 0) is 24.3 Å². The summed E-state index contributed by atoms with van der Waals surface area (Å²) in [4.78, 5) is 10.9. The van der Waals surface area contributed by atoms with E-state index in [1.54, 1.807) is 12.1 Å². The number of hydrogen-bond acceptors (Lipinski definition) is 3. The van der Waals surface area contributed by atoms with Crippen molar-refractivity contribution < 1.29 is 4.79 Å². The lowest BCUT2D eigenvalue weighted by Gasteiger charge is -2.09. The molecule has 0 saturated heterocycles. The van der Waals surface area contributed by atoms with Gasteiger partial charge in [-0.2, -0.15) is 5.26 Å². The van der Waals surface area contributed by atoms with Crippen LogP contribution in [0.2, 0.25) is 0 Å². The average molecular weight is 228 g/mol. The van der Waals surface area contributed by atoms with Gasteiger partial charge in [0, 0.05) is 23.6 Å². The second kappa shape index (κ2) is 4.28. The normalized spacial score (nSPS) is 12.2. The van der Waals surface area contributed by atoms with Gasteiger partial charge in [0.2, 0.25) is 5.91 Å². The summed E-state index contributed by atoms with van der Waals surface area (Å²) in [6.07, 6.45) is 1.83. The summed E-state index contributed by atoms with van der Waals surface area (Å²) in [5.41, 5.74) is 12.3. The Morgan fingerprint density at radius 2 is 2.24 bits per heavy atom. The maximum atomic E-state index is 10.9. The number of carbonyl (C=O) groups excluding carboxylic acids is 1. The van der Waals surface area contributed by atoms with Gasteiger partial charge >= 0.3 is 0 Å². The number of primary amides is 1. The molecule has 1 aromatic heterocycles. The first-order chi connectivity index (χ1) is 8.11. The van der Waals surface area contributed by atoms with E-state index in [1.807, 2.05) is 22.9 Å². The lowest BCUT2D eigenvalue weighted by atomic mass is 10.2. The van der Waals surface area contributed by atoms with Crippen LogP contribution in [-0.2, 0) is 11.3 Å². The summed E-state index contributed by atoms with van der Waals surface area (Å²) in [5, 5.41) is 9.73. The summed E-state index contributed by atoms with van der Waals surface area (Å²) in [5.74, 6) is -0.527. The minimum atomic E-state index is -0.707. The Balaban J connectivity index is 2.37. The van der Waals surface area contributed by atoms with Crippen LogP contribution in [0.5, 0.6) is 0 Å². The van der Waals surface area contributed by atoms with Crippen LogP contribution in [-0.4, -0.2) is 16.5 Å². The summed E-state index contributed by atoms with van der Waals surface area (Å²) in [6, 6.07) is 8.61. The molecule has 0 aliphatic heterocycles. The zero-order valence-corrected chi connectivity index (χ0v) is 9.13. The van der Waals surface area contributed by atoms with E-state index < -0.39 is 11.9 Å². The predicted molar refractivity (Wildman–Crippen MR) is 63.8 cm³/mol. The number of nitriles is 1. The van der Waals surface area contributed by atoms with E-state index in [4.69, 9.17) is 16.7 Å². The Morgan fingerprint density at radius 3 is 2.88 bits per heavy atom. The smallest absolute Gasteiger partial charge is 0.236 e. The van der Waals surface area contributed by atoms with Crippen molar-refractivity contribution in [2.24, 2.45) is 11.5 Å². The topological polar surface area (TPSA) is 97.8 Å². The van der Waals surface area contributed by atoms with Crippen LogP contribution in [0.15, 0.2) is 30.5 Å². The summed E-state index contributed by atoms with van der Waals surface area (Å²) in [7, 11) is 0. The second-order valence-electron chi connectivity index (χ2n) is 3.86. The quantitative estimate of drug-likeness (QED) is 0.791. The van der Waals surface area contributed by atoms with Gasteiger partial charge in [0.15, 0.2) is 0 Å². The molecule has 2 rings (SSSR count). The molecule has 17 heavy (non-hydrogen) atoms. The molecule has 0 aliphatic carbocycles. The zero-order chi connectivity index (χ0) is 12.4. The van der Waals surface area contributed by atoms with Gasteiger partial charge < -0.3 is 16.0 Å². The molecule has 0 radical (unpaired) electrons. The number of amides is 1. The van der Waals surface area contributed by atoms with Crippen molar-refractivity contribution in [2.45, 2.75) is 12.6 Å². The first kappa shape index (κ1) is 11.2. The minimum Gasteiger partial charge on any atom is -0.368 e. The molecular formula is C12H12N4O. The molecule has 0 saturated carbocycles. The van der Waals surface area contributed by atoms with Crippen molar-refractivity contribution in [1.29, 1.82) is 5.26 Å². The third-order valence-electron chi connectivity index (χ3n) is 2.66. The summed E-state index contributed by atoms with van der Waals surface area (Å²) < 4.78 is 1.85. The van der Waals surface area contributed by atoms with E-state index >= 15 is 0 Å². The Morgan fingerprint density at radius 1 is 1.47 bits per heavy atom. The van der Waals surface area contributed by atoms with Gasteiger partial charge in [-0.25, -0.2) is 0 Å². The van der Waals surface area contributed by atoms with Gasteiger partial charge in [-0.15, -0.1) is 0 Å². The number of carbonyl (C=O) groups is 1. The van der Waals surface area contributed by atoms with Crippen molar-refractivity contribution >= 4 is 16.8 Å². The highest BCUT2D eigenvalue weighted by atomic mass is 16.1. The van der Waals surface area contributed by atoms with Crippen LogP contribution in [0, 0.1) is 11.3 Å². The van der Waals surface area contributed by atoms with E-state index in [1.165, 1.54) is 0 Å². The summed E-state index contributed by atoms with van der Waals surface area (Å²) in [6.45, 7) is 0.338. The van der Waals surface area contributed by atoms with E-state index in [-0.39, 0.29) is 0 Å². The van der Waals surface area contributed by atoms with Crippen molar-refractivity contribution in [3.63, 3.8) is 0 Å². The lowest BCUT2D eigenvalue weighted by Crippen LogP contribution is -2.39. The molecule has 2 aromatic rings. The molecule has 5 nitrogen and oxygen atoms in total. The molecule has 5 heteroatoms. The monoisotopic (exact) mass is 228 g/mol. The van der Waals surface area contributed by atoms with Crippen LogP contribution in [0.25, 0.3) is 10.9 Å². The SMILES string of the molecule is N#Cc1ccc2c(ccn2CC(N)C(N)=O)c1. The molecule has 0 fully saturated rings. The molecule has 0 spiro atoms. The number of aromatic nitrogens is 1. The highest BCUT2D eigenvalue weighted by molar-refractivity contribution is 5.83. The first-order valence-corrected chi connectivity index (χ1v) is 5.15. The molecule has 1 atom stereocenters. The third-order valence-corrected chi connectivity index (χ3v) is 2.66. The van der Waals surface area contributed by atoms with E-state index in [2.05, 4.69) is 6.07 Å². The van der Waals surface area contributed by atoms with Crippen LogP contribution < -0.4 is 11.5 Å². The Hall–Kier alpha value is -2.32. The zero-order valence-electron chi connectivity index (χ0n) is 9.13. The molecule has 1 aromatic carbocycles. The van der Waals surface area contributed by atoms with Gasteiger partial charge in [-0.3, -0.25) is 4.79 Å². The maximum absolute atomic E-state index is 10.9. The van der Waals surface area contributed by atoms with Crippen molar-refractivity contribution in [3.8, 4) is 6.07 Å². The van der Waals surface area contributed by atoms with Gasteiger partial charge in [-0.1, -0.05) is 0 Å². The molecule has 86 valence electrons. The highest BCUT2D eigenvalue weighted by Gasteiger charge is 2.11. The molecule has 0 aliphatic rings. The number of hydrogen-bond donors (Lipinski definition) is 2. The number of fused-ring (bicyclic) bond motifs is 1. The predicted octanol–water partition coefficient (Wildman–Crippen LogP) is 0.326. The fraction of sp³-hybridized carbons (Fsp3) is 0.167. The van der Waals surface area contributed by atoms with Crippen LogP contribution in [0.4, 0.5) is 0 Å². The molecule has 1 unspecified atom stereocenters. The molecule has 4 N–H and O–H groups in total. The lowest BCUT2D eigenvalue weighted by molar-refractivity contribution is -0.119. The largest absolute Gasteiger partial charge is 0.368 e. The Kier molecular flexibility index (Phi) is 2.81. The number of nitrogens with zero attached hydrogens (tertiary/aromatic N) is 2. The van der Waals surface area contributed by atoms with Gasteiger partial charge in [0.25, 0.3) is 0 Å². The van der Waals surface area contributed by atoms with Crippen molar-refractivity contribution in [2.75, 3.05) is 0 Å². The van der Waals surface area contributed by atoms with Crippen molar-refractivity contribution in [3.05, 3.63) is 36.0 Å². The fourth-order valence-electron chi connectivity index (χ4n) is 1.73. The number of rotatable bonds is 3. The summed E-state index contributed by atoms with van der Waals surface area (Å²) >= 11 is 0. The van der Waals surface area contributed by atoms with Gasteiger partial charge in [0.1, 0.15) is 6.04 Å². The van der Waals surface area contributed by atoms with Crippen LogP contribution >= 0.6 is 0 Å². The Labute approximate surface area is 98.2 Å². The van der Waals surface area contributed by atoms with Crippen molar-refractivity contribution in [1.82, 2.24) is 4.57 Å². The molecule has 0 bridgehead atoms. The van der Waals surface area contributed by atoms with Crippen LogP contribution in [0.1, 0.15) is 5.56 Å². The van der Waals surface area contributed by atoms with E-state index in [9.17, 15) is 4.79 Å². The fourth-order valence-corrected chi connectivity index (χ4v) is 1.73. The average Bonchev–Trinajstić information content (AvgIpc) is 2.71. The van der Waals surface area contributed by atoms with Crippen LogP contribution in [0.3, 0.4) is 0 Å². The molecule has 1 amide bonds. The third kappa shape index (κ3) is 2.12. The highest BCUT2D eigenvalue weighted by Crippen LogP contribution is 2.17. The van der Waals surface area contributed by atoms with Gasteiger partial charge in [0.05, 0.1) is 11.6 Å². The first-order valence-electron chi connectivity index (χ1n) is 5.15. The standard InChI is InChI=1S/C12H12N4O/c13-6-8-1-2-11-9(5-8)3-4-16(11)7-10(14)12(15)17/h1-5,10H,7,14H2,(H2,15,17). The second-order valence-corrected chi connectivity index (χ2v) is 3.86. The maximum Gasteiger partial charge on any atom is 0.236 e. The number of benzene rings is 1. The van der Waals surface area contributed by atoms with E-state index in [0.29, 0.717) is 12.1 Å². The van der Waals surface area contributed by atoms with E-state index in [0.717, 1.165) is 10.9 Å². The minimum absolute atomic E-state index is 0.338. The molecular weight excluding hydrogens is 216 g/mol. The Bertz CT molecular complexity index is 608.